The standard InChI is InChI=1S/C9H16O2/c1-5-9(4,11-7-3)8-10-6-2/h1H,6-8H2,2-4H3. The molecule has 0 amide bonds. The van der Waals surface area contributed by atoms with Gasteiger partial charge in [0.1, 0.15) is 5.60 Å². The first-order valence-electron chi connectivity index (χ1n) is 3.88. The SMILES string of the molecule is C#CC(C)(COCC)OCC. The Labute approximate surface area is 68.9 Å². The van der Waals surface area contributed by atoms with E-state index >= 15 is 0 Å². The van der Waals surface area contributed by atoms with E-state index in [1.165, 1.54) is 0 Å². The van der Waals surface area contributed by atoms with Gasteiger partial charge in [0.15, 0.2) is 0 Å². The van der Waals surface area contributed by atoms with Crippen molar-refractivity contribution >= 4 is 0 Å². The van der Waals surface area contributed by atoms with Crippen LogP contribution in [0, 0.1) is 12.3 Å². The highest BCUT2D eigenvalue weighted by Gasteiger charge is 2.20. The van der Waals surface area contributed by atoms with Crippen LogP contribution in [0.5, 0.6) is 0 Å². The van der Waals surface area contributed by atoms with Crippen LogP contribution in [0.25, 0.3) is 0 Å². The summed E-state index contributed by atoms with van der Waals surface area (Å²) in [5.41, 5.74) is -0.551. The van der Waals surface area contributed by atoms with Gasteiger partial charge in [-0.3, -0.25) is 0 Å². The second-order valence-electron chi connectivity index (χ2n) is 2.45. The van der Waals surface area contributed by atoms with Crippen LogP contribution in [0.3, 0.4) is 0 Å². The molecule has 0 aliphatic carbocycles. The van der Waals surface area contributed by atoms with Gasteiger partial charge in [0, 0.05) is 13.2 Å². The fourth-order valence-electron chi connectivity index (χ4n) is 0.740. The average Bonchev–Trinajstić information content (AvgIpc) is 2.02. The Morgan fingerprint density at radius 1 is 1.36 bits per heavy atom. The van der Waals surface area contributed by atoms with Gasteiger partial charge in [-0.2, -0.15) is 0 Å². The molecule has 0 radical (unpaired) electrons. The molecule has 0 N–H and O–H groups in total. The van der Waals surface area contributed by atoms with Gasteiger partial charge in [-0.1, -0.05) is 5.92 Å². The summed E-state index contributed by atoms with van der Waals surface area (Å²) in [7, 11) is 0. The first-order valence-corrected chi connectivity index (χ1v) is 3.88. The van der Waals surface area contributed by atoms with Gasteiger partial charge >= 0.3 is 0 Å². The Morgan fingerprint density at radius 3 is 2.36 bits per heavy atom. The summed E-state index contributed by atoms with van der Waals surface area (Å²) >= 11 is 0. The maximum atomic E-state index is 5.32. The maximum Gasteiger partial charge on any atom is 0.148 e. The van der Waals surface area contributed by atoms with Gasteiger partial charge in [0.2, 0.25) is 0 Å². The lowest BCUT2D eigenvalue weighted by molar-refractivity contribution is -0.0425. The van der Waals surface area contributed by atoms with Crippen LogP contribution in [0.2, 0.25) is 0 Å². The van der Waals surface area contributed by atoms with Crippen LogP contribution in [-0.2, 0) is 9.47 Å². The molecule has 0 aliphatic rings. The highest BCUT2D eigenvalue weighted by molar-refractivity contribution is 5.05. The number of ether oxygens (including phenoxy) is 2. The van der Waals surface area contributed by atoms with Crippen molar-refractivity contribution in [2.24, 2.45) is 0 Å². The largest absolute Gasteiger partial charge is 0.378 e. The Hall–Kier alpha value is -0.520. The van der Waals surface area contributed by atoms with Crippen molar-refractivity contribution in [1.29, 1.82) is 0 Å². The van der Waals surface area contributed by atoms with Crippen LogP contribution >= 0.6 is 0 Å². The molecule has 2 nitrogen and oxygen atoms in total. The Kier molecular flexibility index (Phi) is 4.93. The molecule has 0 aromatic heterocycles. The fourth-order valence-corrected chi connectivity index (χ4v) is 0.740. The topological polar surface area (TPSA) is 18.5 Å². The molecule has 0 saturated heterocycles. The molecular weight excluding hydrogens is 140 g/mol. The second-order valence-corrected chi connectivity index (χ2v) is 2.45. The van der Waals surface area contributed by atoms with Gasteiger partial charge < -0.3 is 9.47 Å². The van der Waals surface area contributed by atoms with Crippen molar-refractivity contribution in [1.82, 2.24) is 0 Å². The van der Waals surface area contributed by atoms with E-state index in [1.807, 2.05) is 20.8 Å². The molecule has 2 heteroatoms. The minimum absolute atomic E-state index is 0.466. The summed E-state index contributed by atoms with van der Waals surface area (Å²) < 4.78 is 10.5. The zero-order valence-corrected chi connectivity index (χ0v) is 7.52. The van der Waals surface area contributed by atoms with Crippen molar-refractivity contribution in [3.63, 3.8) is 0 Å². The molecule has 0 aliphatic heterocycles. The lowest BCUT2D eigenvalue weighted by Gasteiger charge is -2.22. The molecule has 11 heavy (non-hydrogen) atoms. The summed E-state index contributed by atoms with van der Waals surface area (Å²) in [4.78, 5) is 0. The highest BCUT2D eigenvalue weighted by atomic mass is 16.5. The van der Waals surface area contributed by atoms with Crippen LogP contribution < -0.4 is 0 Å². The summed E-state index contributed by atoms with van der Waals surface area (Å²) in [6.45, 7) is 7.46. The van der Waals surface area contributed by atoms with Crippen LogP contribution in [-0.4, -0.2) is 25.4 Å². The third-order valence-electron chi connectivity index (χ3n) is 1.35. The smallest absolute Gasteiger partial charge is 0.148 e. The second kappa shape index (κ2) is 5.17. The molecule has 64 valence electrons. The minimum Gasteiger partial charge on any atom is -0.378 e. The van der Waals surface area contributed by atoms with Gasteiger partial charge in [-0.05, 0) is 20.8 Å². The van der Waals surface area contributed by atoms with E-state index in [0.29, 0.717) is 19.8 Å². The third kappa shape index (κ3) is 4.02. The van der Waals surface area contributed by atoms with Crippen molar-refractivity contribution in [3.8, 4) is 12.3 Å². The number of rotatable bonds is 5. The van der Waals surface area contributed by atoms with E-state index in [4.69, 9.17) is 15.9 Å². The predicted octanol–water partition coefficient (Wildman–Crippen LogP) is 1.45. The van der Waals surface area contributed by atoms with Crippen LogP contribution in [0.4, 0.5) is 0 Å². The lowest BCUT2D eigenvalue weighted by Crippen LogP contribution is -2.32. The number of hydrogen-bond acceptors (Lipinski definition) is 2. The van der Waals surface area contributed by atoms with Gasteiger partial charge in [0.25, 0.3) is 0 Å². The third-order valence-corrected chi connectivity index (χ3v) is 1.35. The molecule has 0 bridgehead atoms. The molecule has 0 aromatic rings. The molecular formula is C9H16O2. The van der Waals surface area contributed by atoms with Crippen molar-refractivity contribution in [2.45, 2.75) is 26.4 Å². The van der Waals surface area contributed by atoms with Gasteiger partial charge in [-0.15, -0.1) is 6.42 Å². The molecule has 0 rings (SSSR count). The Morgan fingerprint density at radius 2 is 2.00 bits per heavy atom. The molecule has 0 spiro atoms. The normalized spacial score (nSPS) is 15.5. The zero-order valence-electron chi connectivity index (χ0n) is 7.52. The molecule has 0 fully saturated rings. The van der Waals surface area contributed by atoms with Crippen LogP contribution in [0.1, 0.15) is 20.8 Å². The molecule has 0 heterocycles. The molecule has 0 saturated carbocycles. The van der Waals surface area contributed by atoms with Gasteiger partial charge in [-0.25, -0.2) is 0 Å². The molecule has 0 aromatic carbocycles. The zero-order chi connectivity index (χ0) is 8.74. The van der Waals surface area contributed by atoms with Crippen molar-refractivity contribution < 1.29 is 9.47 Å². The van der Waals surface area contributed by atoms with E-state index in [2.05, 4.69) is 5.92 Å². The summed E-state index contributed by atoms with van der Waals surface area (Å²) in [6, 6.07) is 0. The van der Waals surface area contributed by atoms with Crippen molar-refractivity contribution in [3.05, 3.63) is 0 Å². The first-order chi connectivity index (χ1) is 5.18. The van der Waals surface area contributed by atoms with E-state index < -0.39 is 5.60 Å². The first kappa shape index (κ1) is 10.5. The van der Waals surface area contributed by atoms with E-state index in [0.717, 1.165) is 0 Å². The van der Waals surface area contributed by atoms with E-state index in [-0.39, 0.29) is 0 Å². The van der Waals surface area contributed by atoms with E-state index in [9.17, 15) is 0 Å². The van der Waals surface area contributed by atoms with Crippen molar-refractivity contribution in [2.75, 3.05) is 19.8 Å². The highest BCUT2D eigenvalue weighted by Crippen LogP contribution is 2.08. The number of terminal acetylenes is 1. The van der Waals surface area contributed by atoms with Crippen LogP contribution in [0.15, 0.2) is 0 Å². The molecule has 1 atom stereocenters. The predicted molar refractivity (Wildman–Crippen MR) is 45.4 cm³/mol. The molecule has 1 unspecified atom stereocenters. The average molecular weight is 156 g/mol. The summed E-state index contributed by atoms with van der Waals surface area (Å²) in [6.07, 6.45) is 5.28. The summed E-state index contributed by atoms with van der Waals surface area (Å²) in [5.74, 6) is 2.57. The maximum absolute atomic E-state index is 5.32. The quantitative estimate of drug-likeness (QED) is 0.561. The summed E-state index contributed by atoms with van der Waals surface area (Å²) in [5, 5.41) is 0. The van der Waals surface area contributed by atoms with E-state index in [1.54, 1.807) is 0 Å². The minimum atomic E-state index is -0.551. The number of hydrogen-bond donors (Lipinski definition) is 0. The fraction of sp³-hybridized carbons (Fsp3) is 0.778. The van der Waals surface area contributed by atoms with Gasteiger partial charge in [0.05, 0.1) is 6.61 Å². The Balaban J connectivity index is 3.81. The lowest BCUT2D eigenvalue weighted by atomic mass is 10.1. The Bertz CT molecular complexity index is 137. The monoisotopic (exact) mass is 156 g/mol.